The Morgan fingerprint density at radius 1 is 1.56 bits per heavy atom. The van der Waals surface area contributed by atoms with Crippen molar-refractivity contribution in [3.63, 3.8) is 0 Å². The molecule has 1 aromatic rings. The fourth-order valence-corrected chi connectivity index (χ4v) is 2.29. The number of hydrogen-bond acceptors (Lipinski definition) is 3. The van der Waals surface area contributed by atoms with Crippen molar-refractivity contribution in [1.82, 2.24) is 9.55 Å². The van der Waals surface area contributed by atoms with Crippen LogP contribution in [-0.4, -0.2) is 22.8 Å². The third kappa shape index (κ3) is 2.07. The average molecular weight is 223 g/mol. The highest BCUT2D eigenvalue weighted by molar-refractivity contribution is 5.40. The molecule has 16 heavy (non-hydrogen) atoms. The lowest BCUT2D eigenvalue weighted by Gasteiger charge is -2.20. The van der Waals surface area contributed by atoms with Crippen molar-refractivity contribution in [2.45, 2.75) is 38.5 Å². The summed E-state index contributed by atoms with van der Waals surface area (Å²) in [5, 5.41) is 0. The molecule has 1 atom stereocenters. The smallest absolute Gasteiger partial charge is 0.126 e. The van der Waals surface area contributed by atoms with Gasteiger partial charge in [0.1, 0.15) is 11.6 Å². The molecule has 1 saturated heterocycles. The van der Waals surface area contributed by atoms with Gasteiger partial charge in [-0.05, 0) is 19.3 Å². The Bertz CT molecular complexity index is 353. The first-order chi connectivity index (χ1) is 7.74. The maximum Gasteiger partial charge on any atom is 0.126 e. The first kappa shape index (κ1) is 11.5. The molecule has 1 aliphatic rings. The summed E-state index contributed by atoms with van der Waals surface area (Å²) in [6.07, 6.45) is 4.36. The second kappa shape index (κ2) is 4.87. The molecule has 2 rings (SSSR count). The van der Waals surface area contributed by atoms with Crippen molar-refractivity contribution in [2.24, 2.45) is 7.05 Å². The number of nitrogen functional groups attached to an aromatic ring is 1. The number of aromatic nitrogens is 2. The third-order valence-electron chi connectivity index (χ3n) is 3.28. The average Bonchev–Trinajstić information content (AvgIpc) is 2.59. The summed E-state index contributed by atoms with van der Waals surface area (Å²) in [7, 11) is 2.00. The molecule has 1 unspecified atom stereocenters. The Morgan fingerprint density at radius 3 is 3.00 bits per heavy atom. The molecule has 1 aliphatic heterocycles. The Hall–Kier alpha value is -1.03. The summed E-state index contributed by atoms with van der Waals surface area (Å²) < 4.78 is 7.52. The van der Waals surface area contributed by atoms with E-state index >= 15 is 0 Å². The highest BCUT2D eigenvalue weighted by Crippen LogP contribution is 2.29. The molecule has 4 heteroatoms. The highest BCUT2D eigenvalue weighted by atomic mass is 16.5. The van der Waals surface area contributed by atoms with Crippen LogP contribution in [0.2, 0.25) is 0 Å². The van der Waals surface area contributed by atoms with Crippen LogP contribution in [-0.2, 0) is 18.2 Å². The zero-order valence-corrected chi connectivity index (χ0v) is 10.2. The van der Waals surface area contributed by atoms with E-state index in [1.165, 1.54) is 0 Å². The van der Waals surface area contributed by atoms with Crippen LogP contribution in [0.4, 0.5) is 5.82 Å². The Kier molecular flexibility index (Phi) is 3.49. The molecular weight excluding hydrogens is 202 g/mol. The van der Waals surface area contributed by atoms with Crippen LogP contribution in [0.3, 0.4) is 0 Å². The van der Waals surface area contributed by atoms with Crippen molar-refractivity contribution in [1.29, 1.82) is 0 Å². The van der Waals surface area contributed by atoms with Gasteiger partial charge in [0, 0.05) is 26.0 Å². The van der Waals surface area contributed by atoms with E-state index < -0.39 is 0 Å². The van der Waals surface area contributed by atoms with Gasteiger partial charge in [-0.3, -0.25) is 0 Å². The summed E-state index contributed by atoms with van der Waals surface area (Å²) in [6, 6.07) is 0. The first-order valence-electron chi connectivity index (χ1n) is 6.12. The predicted molar refractivity (Wildman–Crippen MR) is 64.4 cm³/mol. The number of rotatable bonds is 3. The molecule has 1 aromatic heterocycles. The van der Waals surface area contributed by atoms with Crippen LogP contribution in [0, 0.1) is 0 Å². The number of imidazole rings is 1. The number of nitrogens with zero attached hydrogens (tertiary/aromatic N) is 2. The van der Waals surface area contributed by atoms with Crippen molar-refractivity contribution in [3.05, 3.63) is 11.5 Å². The van der Waals surface area contributed by atoms with Crippen LogP contribution in [0.1, 0.15) is 43.6 Å². The van der Waals surface area contributed by atoms with Crippen molar-refractivity contribution < 1.29 is 4.74 Å². The fourth-order valence-electron chi connectivity index (χ4n) is 2.29. The van der Waals surface area contributed by atoms with Gasteiger partial charge >= 0.3 is 0 Å². The van der Waals surface area contributed by atoms with Crippen molar-refractivity contribution in [2.75, 3.05) is 18.9 Å². The molecule has 0 saturated carbocycles. The van der Waals surface area contributed by atoms with Gasteiger partial charge in [0.05, 0.1) is 12.3 Å². The van der Waals surface area contributed by atoms with Gasteiger partial charge in [-0.25, -0.2) is 4.98 Å². The maximum atomic E-state index is 6.11. The summed E-state index contributed by atoms with van der Waals surface area (Å²) >= 11 is 0. The van der Waals surface area contributed by atoms with Crippen molar-refractivity contribution >= 4 is 5.82 Å². The monoisotopic (exact) mass is 223 g/mol. The number of ether oxygens (including phenoxy) is 1. The predicted octanol–water partition coefficient (Wildman–Crippen LogP) is 1.85. The number of anilines is 1. The standard InChI is InChI=1S/C12H21N3O/c1-3-5-10-14-11(12(13)15(10)2)9-6-4-7-16-8-9/h9H,3-8,13H2,1-2H3. The van der Waals surface area contributed by atoms with E-state index in [0.29, 0.717) is 5.92 Å². The van der Waals surface area contributed by atoms with E-state index in [1.807, 2.05) is 11.6 Å². The van der Waals surface area contributed by atoms with E-state index in [9.17, 15) is 0 Å². The molecular formula is C12H21N3O. The maximum absolute atomic E-state index is 6.11. The lowest BCUT2D eigenvalue weighted by Crippen LogP contribution is -2.17. The molecule has 0 radical (unpaired) electrons. The minimum absolute atomic E-state index is 0.394. The first-order valence-corrected chi connectivity index (χ1v) is 6.12. The summed E-state index contributed by atoms with van der Waals surface area (Å²) in [5.74, 6) is 2.31. The molecule has 0 bridgehead atoms. The zero-order chi connectivity index (χ0) is 11.5. The van der Waals surface area contributed by atoms with E-state index in [4.69, 9.17) is 10.5 Å². The molecule has 2 N–H and O–H groups in total. The number of nitrogens with two attached hydrogens (primary N) is 1. The SMILES string of the molecule is CCCc1nc(C2CCCOC2)c(N)n1C. The second-order valence-electron chi connectivity index (χ2n) is 4.52. The van der Waals surface area contributed by atoms with Gasteiger partial charge in [0.25, 0.3) is 0 Å². The normalized spacial score (nSPS) is 21.2. The van der Waals surface area contributed by atoms with E-state index in [0.717, 1.165) is 56.2 Å². The highest BCUT2D eigenvalue weighted by Gasteiger charge is 2.23. The fraction of sp³-hybridized carbons (Fsp3) is 0.750. The van der Waals surface area contributed by atoms with Crippen LogP contribution >= 0.6 is 0 Å². The number of hydrogen-bond donors (Lipinski definition) is 1. The van der Waals surface area contributed by atoms with E-state index in [1.54, 1.807) is 0 Å². The Balaban J connectivity index is 2.22. The number of aryl methyl sites for hydroxylation is 1. The van der Waals surface area contributed by atoms with Crippen LogP contribution in [0.25, 0.3) is 0 Å². The molecule has 90 valence electrons. The van der Waals surface area contributed by atoms with Gasteiger partial charge in [-0.15, -0.1) is 0 Å². The molecule has 2 heterocycles. The quantitative estimate of drug-likeness (QED) is 0.850. The van der Waals surface area contributed by atoms with Gasteiger partial charge in [-0.2, -0.15) is 0 Å². The second-order valence-corrected chi connectivity index (χ2v) is 4.52. The topological polar surface area (TPSA) is 53.1 Å². The summed E-state index contributed by atoms with van der Waals surface area (Å²) in [4.78, 5) is 4.68. The minimum atomic E-state index is 0.394. The minimum Gasteiger partial charge on any atom is -0.384 e. The Labute approximate surface area is 96.8 Å². The van der Waals surface area contributed by atoms with Gasteiger partial charge in [-0.1, -0.05) is 6.92 Å². The summed E-state index contributed by atoms with van der Waals surface area (Å²) in [5.41, 5.74) is 7.16. The third-order valence-corrected chi connectivity index (χ3v) is 3.28. The zero-order valence-electron chi connectivity index (χ0n) is 10.2. The van der Waals surface area contributed by atoms with Gasteiger partial charge in [0.2, 0.25) is 0 Å². The van der Waals surface area contributed by atoms with E-state index in [-0.39, 0.29) is 0 Å². The molecule has 1 fully saturated rings. The van der Waals surface area contributed by atoms with E-state index in [2.05, 4.69) is 11.9 Å². The van der Waals surface area contributed by atoms with Crippen LogP contribution < -0.4 is 5.73 Å². The Morgan fingerprint density at radius 2 is 2.38 bits per heavy atom. The summed E-state index contributed by atoms with van der Waals surface area (Å²) in [6.45, 7) is 3.81. The largest absolute Gasteiger partial charge is 0.384 e. The molecule has 0 spiro atoms. The lowest BCUT2D eigenvalue weighted by atomic mass is 9.99. The molecule has 4 nitrogen and oxygen atoms in total. The van der Waals surface area contributed by atoms with Gasteiger partial charge in [0.15, 0.2) is 0 Å². The van der Waals surface area contributed by atoms with Crippen LogP contribution in [0.15, 0.2) is 0 Å². The lowest BCUT2D eigenvalue weighted by molar-refractivity contribution is 0.0796. The molecule has 0 amide bonds. The molecule has 0 aliphatic carbocycles. The molecule has 0 aromatic carbocycles. The van der Waals surface area contributed by atoms with Gasteiger partial charge < -0.3 is 15.0 Å². The van der Waals surface area contributed by atoms with Crippen LogP contribution in [0.5, 0.6) is 0 Å². The van der Waals surface area contributed by atoms with Crippen molar-refractivity contribution in [3.8, 4) is 0 Å².